The summed E-state index contributed by atoms with van der Waals surface area (Å²) in [6.45, 7) is 8.97. The molecule has 5 rings (SSSR count). The molecule has 2 aromatic heterocycles. The Morgan fingerprint density at radius 1 is 1.00 bits per heavy atom. The molecule has 0 unspecified atom stereocenters. The number of nitrogens with one attached hydrogen (secondary N) is 1. The van der Waals surface area contributed by atoms with Gasteiger partial charge in [-0.15, -0.1) is 0 Å². The first-order chi connectivity index (χ1) is 18.1. The third-order valence-corrected chi connectivity index (χ3v) is 8.55. The Bertz CT molecular complexity index is 1110. The van der Waals surface area contributed by atoms with Crippen molar-refractivity contribution in [2.24, 2.45) is 0 Å². The number of imidazole rings is 1. The summed E-state index contributed by atoms with van der Waals surface area (Å²) in [5.74, 6) is 1.69. The van der Waals surface area contributed by atoms with Gasteiger partial charge in [0.25, 0.3) is 0 Å². The summed E-state index contributed by atoms with van der Waals surface area (Å²) >= 11 is 12.7. The van der Waals surface area contributed by atoms with Gasteiger partial charge < -0.3 is 14.8 Å². The van der Waals surface area contributed by atoms with Gasteiger partial charge in [-0.25, -0.2) is 9.97 Å². The zero-order valence-electron chi connectivity index (χ0n) is 21.8. The zero-order chi connectivity index (χ0) is 25.6. The number of nitrogens with zero attached hydrogens (tertiary/aromatic N) is 5. The number of likely N-dealkylation sites (tertiary alicyclic amines) is 1. The van der Waals surface area contributed by atoms with Crippen LogP contribution in [0.4, 0.5) is 5.82 Å². The second-order valence-corrected chi connectivity index (χ2v) is 11.2. The second-order valence-electron chi connectivity index (χ2n) is 10.4. The van der Waals surface area contributed by atoms with Crippen LogP contribution < -0.4 is 4.90 Å². The highest BCUT2D eigenvalue weighted by atomic mass is 35.5. The Kier molecular flexibility index (Phi) is 9.03. The fraction of sp³-hybridized carbons (Fsp3) is 0.517. The van der Waals surface area contributed by atoms with E-state index in [4.69, 9.17) is 28.2 Å². The van der Waals surface area contributed by atoms with Crippen molar-refractivity contribution in [3.63, 3.8) is 0 Å². The summed E-state index contributed by atoms with van der Waals surface area (Å²) in [7, 11) is 0. The van der Waals surface area contributed by atoms with E-state index in [-0.39, 0.29) is 0 Å². The second kappa shape index (κ2) is 12.6. The lowest BCUT2D eigenvalue weighted by Gasteiger charge is -2.47. The number of rotatable bonds is 9. The van der Waals surface area contributed by atoms with Crippen molar-refractivity contribution >= 4 is 29.0 Å². The Labute approximate surface area is 231 Å². The summed E-state index contributed by atoms with van der Waals surface area (Å²) in [6.07, 6.45) is 12.7. The van der Waals surface area contributed by atoms with Crippen molar-refractivity contribution in [1.29, 1.82) is 0 Å². The number of anilines is 1. The Hall–Kier alpha value is -2.12. The van der Waals surface area contributed by atoms with Crippen LogP contribution in [-0.4, -0.2) is 76.1 Å². The molecule has 2 aliphatic rings. The normalized spacial score (nSPS) is 20.0. The van der Waals surface area contributed by atoms with Crippen molar-refractivity contribution < 1.29 is 0 Å². The maximum atomic E-state index is 6.69. The summed E-state index contributed by atoms with van der Waals surface area (Å²) in [4.78, 5) is 20.0. The average Bonchev–Trinajstić information content (AvgIpc) is 3.47. The maximum absolute atomic E-state index is 6.69. The molecule has 0 saturated carbocycles. The van der Waals surface area contributed by atoms with E-state index in [1.54, 1.807) is 6.20 Å². The number of unbranched alkanes of at least 4 members (excludes halogenated alkanes) is 1. The number of aryl methyl sites for hydroxylation is 1. The Morgan fingerprint density at radius 2 is 1.81 bits per heavy atom. The van der Waals surface area contributed by atoms with E-state index < -0.39 is 0 Å². The van der Waals surface area contributed by atoms with Crippen molar-refractivity contribution in [3.05, 3.63) is 64.5 Å². The lowest BCUT2D eigenvalue weighted by molar-refractivity contribution is 0.0628. The van der Waals surface area contributed by atoms with Gasteiger partial charge in [-0.1, -0.05) is 42.3 Å². The van der Waals surface area contributed by atoms with E-state index in [1.807, 2.05) is 30.6 Å². The number of aromatic amines is 1. The third-order valence-electron chi connectivity index (χ3n) is 8.02. The molecule has 2 saturated heterocycles. The van der Waals surface area contributed by atoms with Crippen LogP contribution in [0.1, 0.15) is 44.6 Å². The molecular formula is C29H38Cl2N6. The quantitative estimate of drug-likeness (QED) is 0.329. The fourth-order valence-electron chi connectivity index (χ4n) is 5.91. The van der Waals surface area contributed by atoms with Crippen LogP contribution in [-0.2, 0) is 6.42 Å². The molecule has 0 radical (unpaired) electrons. The molecule has 37 heavy (non-hydrogen) atoms. The minimum absolute atomic E-state index is 0.535. The molecule has 1 N–H and O–H groups in total. The van der Waals surface area contributed by atoms with E-state index >= 15 is 0 Å². The predicted molar refractivity (Wildman–Crippen MR) is 154 cm³/mol. The van der Waals surface area contributed by atoms with Crippen LogP contribution in [0, 0.1) is 0 Å². The van der Waals surface area contributed by atoms with Crippen LogP contribution in [0.15, 0.2) is 48.9 Å². The molecule has 198 valence electrons. The smallest absolute Gasteiger partial charge is 0.147 e. The largest absolute Gasteiger partial charge is 0.353 e. The van der Waals surface area contributed by atoms with Crippen molar-refractivity contribution in [2.45, 2.75) is 57.5 Å². The van der Waals surface area contributed by atoms with Gasteiger partial charge in [0, 0.05) is 60.9 Å². The van der Waals surface area contributed by atoms with Gasteiger partial charge in [0.05, 0.1) is 5.02 Å². The van der Waals surface area contributed by atoms with E-state index in [9.17, 15) is 0 Å². The van der Waals surface area contributed by atoms with Gasteiger partial charge in [-0.3, -0.25) is 4.90 Å². The standard InChI is InChI=1S/C29H38Cl2N6/c1-2-25-21-36(29-27(31)19-23(20-34-29)28-32-12-13-33-28)17-18-37(25)26-10-15-35(16-11-26)14-4-3-5-22-6-8-24(30)9-7-22/h6-9,12-13,19-20,25-26H,2-5,10-11,14-18,21H2,1H3,(H,32,33)/t25-/m0/s1. The topological polar surface area (TPSA) is 51.3 Å². The molecule has 0 bridgehead atoms. The number of piperidine rings is 1. The summed E-state index contributed by atoms with van der Waals surface area (Å²) in [5, 5.41) is 1.51. The van der Waals surface area contributed by atoms with Crippen LogP contribution in [0.25, 0.3) is 11.4 Å². The molecule has 4 heterocycles. The molecule has 6 nitrogen and oxygen atoms in total. The minimum atomic E-state index is 0.535. The number of halogens is 2. The maximum Gasteiger partial charge on any atom is 0.147 e. The first-order valence-electron chi connectivity index (χ1n) is 13.7. The molecule has 8 heteroatoms. The first-order valence-corrected chi connectivity index (χ1v) is 14.5. The van der Waals surface area contributed by atoms with Crippen LogP contribution in [0.5, 0.6) is 0 Å². The monoisotopic (exact) mass is 540 g/mol. The number of pyridine rings is 1. The lowest BCUT2D eigenvalue weighted by Crippen LogP contribution is -2.58. The highest BCUT2D eigenvalue weighted by Crippen LogP contribution is 2.31. The molecular weight excluding hydrogens is 503 g/mol. The molecule has 0 spiro atoms. The number of piperazine rings is 1. The Balaban J connectivity index is 1.08. The number of benzene rings is 1. The van der Waals surface area contributed by atoms with Gasteiger partial charge in [0.15, 0.2) is 0 Å². The van der Waals surface area contributed by atoms with Gasteiger partial charge in [0.2, 0.25) is 0 Å². The summed E-state index contributed by atoms with van der Waals surface area (Å²) in [6, 6.07) is 11.5. The number of aromatic nitrogens is 3. The number of hydrogen-bond donors (Lipinski definition) is 1. The zero-order valence-corrected chi connectivity index (χ0v) is 23.3. The fourth-order valence-corrected chi connectivity index (χ4v) is 6.32. The molecule has 2 fully saturated rings. The third kappa shape index (κ3) is 6.66. The molecule has 0 aliphatic carbocycles. The van der Waals surface area contributed by atoms with Crippen molar-refractivity contribution in [3.8, 4) is 11.4 Å². The minimum Gasteiger partial charge on any atom is -0.353 e. The SMILES string of the molecule is CC[C@H]1CN(c2ncc(-c3ncc[nH]3)cc2Cl)CCN1C1CCN(CCCCc2ccc(Cl)cc2)CC1. The van der Waals surface area contributed by atoms with E-state index in [1.165, 1.54) is 50.9 Å². The van der Waals surface area contributed by atoms with E-state index in [2.05, 4.69) is 43.7 Å². The van der Waals surface area contributed by atoms with Crippen LogP contribution in [0.2, 0.25) is 10.0 Å². The van der Waals surface area contributed by atoms with Gasteiger partial charge in [0.1, 0.15) is 11.6 Å². The Morgan fingerprint density at radius 3 is 2.51 bits per heavy atom. The van der Waals surface area contributed by atoms with Crippen LogP contribution in [0.3, 0.4) is 0 Å². The van der Waals surface area contributed by atoms with Gasteiger partial charge >= 0.3 is 0 Å². The van der Waals surface area contributed by atoms with Crippen molar-refractivity contribution in [1.82, 2.24) is 24.8 Å². The average molecular weight is 542 g/mol. The van der Waals surface area contributed by atoms with Gasteiger partial charge in [-0.05, 0) is 81.9 Å². The van der Waals surface area contributed by atoms with Crippen molar-refractivity contribution in [2.75, 3.05) is 44.2 Å². The van der Waals surface area contributed by atoms with Gasteiger partial charge in [-0.2, -0.15) is 0 Å². The van der Waals surface area contributed by atoms with Crippen LogP contribution >= 0.6 is 23.2 Å². The molecule has 2 aliphatic heterocycles. The summed E-state index contributed by atoms with van der Waals surface area (Å²) in [5.41, 5.74) is 2.30. The highest BCUT2D eigenvalue weighted by Gasteiger charge is 2.33. The number of H-pyrrole nitrogens is 1. The molecule has 0 amide bonds. The molecule has 1 aromatic carbocycles. The first kappa shape index (κ1) is 26.5. The summed E-state index contributed by atoms with van der Waals surface area (Å²) < 4.78 is 0. The predicted octanol–water partition coefficient (Wildman–Crippen LogP) is 6.17. The highest BCUT2D eigenvalue weighted by molar-refractivity contribution is 6.33. The lowest BCUT2D eigenvalue weighted by atomic mass is 9.98. The molecule has 1 atom stereocenters. The molecule has 3 aromatic rings. The van der Waals surface area contributed by atoms with E-state index in [0.29, 0.717) is 17.1 Å². The van der Waals surface area contributed by atoms with E-state index in [0.717, 1.165) is 54.7 Å². The number of hydrogen-bond acceptors (Lipinski definition) is 5.